The molecule has 0 aliphatic carbocycles. The van der Waals surface area contributed by atoms with Crippen LogP contribution < -0.4 is 10.9 Å². The number of carbonyl (C=O) groups excluding carboxylic acids is 1. The predicted octanol–water partition coefficient (Wildman–Crippen LogP) is 3.46. The number of thioether (sulfide) groups is 1. The third-order valence-corrected chi connectivity index (χ3v) is 5.39. The van der Waals surface area contributed by atoms with E-state index in [1.165, 1.54) is 22.5 Å². The highest BCUT2D eigenvalue weighted by Crippen LogP contribution is 2.21. The van der Waals surface area contributed by atoms with E-state index in [1.54, 1.807) is 0 Å². The molecule has 7 nitrogen and oxygen atoms in total. The van der Waals surface area contributed by atoms with Gasteiger partial charge in [-0.3, -0.25) is 19.3 Å². The van der Waals surface area contributed by atoms with Crippen molar-refractivity contribution in [2.75, 3.05) is 11.1 Å². The maximum absolute atomic E-state index is 13.0. The van der Waals surface area contributed by atoms with Crippen molar-refractivity contribution in [3.8, 4) is 5.69 Å². The molecule has 0 saturated carbocycles. The molecule has 4 rings (SSSR count). The quantitative estimate of drug-likeness (QED) is 0.392. The summed E-state index contributed by atoms with van der Waals surface area (Å²) in [6, 6.07) is 15.1. The van der Waals surface area contributed by atoms with Gasteiger partial charge in [0.15, 0.2) is 10.8 Å². The Kier molecular flexibility index (Phi) is 5.18. The number of fused-ring (bicyclic) bond motifs is 1. The van der Waals surface area contributed by atoms with Crippen molar-refractivity contribution in [3.05, 3.63) is 76.2 Å². The molecule has 4 aromatic rings. The molecule has 2 aromatic carbocycles. The standard InChI is InChI=1S/C21H19N5O2S/c1-13-8-9-17(14(2)10-13)23-18(27)12-29-21-24-19-16(11-22-25-19)20(28)26(21)15-6-4-3-5-7-15/h3-11H,12H2,1-2H3,(H,22,25)(H,23,27). The molecule has 0 spiro atoms. The summed E-state index contributed by atoms with van der Waals surface area (Å²) in [5, 5.41) is 10.4. The van der Waals surface area contributed by atoms with E-state index in [2.05, 4.69) is 20.5 Å². The normalized spacial score (nSPS) is 11.0. The van der Waals surface area contributed by atoms with Crippen LogP contribution in [0.2, 0.25) is 0 Å². The summed E-state index contributed by atoms with van der Waals surface area (Å²) in [6.07, 6.45) is 1.46. The number of aryl methyl sites for hydroxylation is 2. The average Bonchev–Trinajstić information content (AvgIpc) is 3.18. The molecule has 0 saturated heterocycles. The number of hydrogen-bond donors (Lipinski definition) is 2. The Balaban J connectivity index is 1.62. The number of H-pyrrole nitrogens is 1. The van der Waals surface area contributed by atoms with E-state index in [-0.39, 0.29) is 17.2 Å². The van der Waals surface area contributed by atoms with Crippen molar-refractivity contribution in [2.45, 2.75) is 19.0 Å². The number of rotatable bonds is 5. The summed E-state index contributed by atoms with van der Waals surface area (Å²) in [5.74, 6) is -0.0489. The molecule has 2 aromatic heterocycles. The number of aromatic amines is 1. The lowest BCUT2D eigenvalue weighted by molar-refractivity contribution is -0.113. The zero-order valence-corrected chi connectivity index (χ0v) is 16.8. The fourth-order valence-corrected chi connectivity index (χ4v) is 3.85. The Morgan fingerprint density at radius 2 is 1.97 bits per heavy atom. The van der Waals surface area contributed by atoms with Crippen molar-refractivity contribution in [1.82, 2.24) is 19.7 Å². The van der Waals surface area contributed by atoms with Gasteiger partial charge in [0, 0.05) is 5.69 Å². The van der Waals surface area contributed by atoms with Crippen molar-refractivity contribution < 1.29 is 4.79 Å². The lowest BCUT2D eigenvalue weighted by Gasteiger charge is -2.12. The number of aromatic nitrogens is 4. The van der Waals surface area contributed by atoms with Gasteiger partial charge < -0.3 is 5.32 Å². The third kappa shape index (κ3) is 3.93. The summed E-state index contributed by atoms with van der Waals surface area (Å²) in [5.41, 5.74) is 3.77. The molecule has 0 fully saturated rings. The van der Waals surface area contributed by atoms with Gasteiger partial charge in [0.25, 0.3) is 5.56 Å². The lowest BCUT2D eigenvalue weighted by Crippen LogP contribution is -2.22. The molecule has 0 aliphatic rings. The highest BCUT2D eigenvalue weighted by atomic mass is 32.2. The van der Waals surface area contributed by atoms with Crippen molar-refractivity contribution >= 4 is 34.4 Å². The van der Waals surface area contributed by atoms with Gasteiger partial charge >= 0.3 is 0 Å². The van der Waals surface area contributed by atoms with Crippen LogP contribution in [0.3, 0.4) is 0 Å². The van der Waals surface area contributed by atoms with E-state index in [0.29, 0.717) is 21.9 Å². The van der Waals surface area contributed by atoms with Crippen LogP contribution in [0, 0.1) is 13.8 Å². The Hall–Kier alpha value is -3.39. The summed E-state index contributed by atoms with van der Waals surface area (Å²) in [4.78, 5) is 30.0. The zero-order valence-electron chi connectivity index (χ0n) is 16.0. The van der Waals surface area contributed by atoms with Crippen LogP contribution in [0.5, 0.6) is 0 Å². The minimum absolute atomic E-state index is 0.117. The number of nitrogens with zero attached hydrogens (tertiary/aromatic N) is 3. The summed E-state index contributed by atoms with van der Waals surface area (Å²) < 4.78 is 1.51. The van der Waals surface area contributed by atoms with E-state index in [9.17, 15) is 9.59 Å². The molecule has 0 bridgehead atoms. The number of benzene rings is 2. The molecular formula is C21H19N5O2S. The van der Waals surface area contributed by atoms with E-state index in [1.807, 2.05) is 62.4 Å². The van der Waals surface area contributed by atoms with E-state index in [4.69, 9.17) is 0 Å². The number of anilines is 1. The Morgan fingerprint density at radius 3 is 2.72 bits per heavy atom. The van der Waals surface area contributed by atoms with Gasteiger partial charge in [-0.25, -0.2) is 4.98 Å². The summed E-state index contributed by atoms with van der Waals surface area (Å²) in [6.45, 7) is 3.96. The average molecular weight is 405 g/mol. The van der Waals surface area contributed by atoms with Crippen LogP contribution >= 0.6 is 11.8 Å². The summed E-state index contributed by atoms with van der Waals surface area (Å²) >= 11 is 1.20. The topological polar surface area (TPSA) is 92.7 Å². The Labute approximate surface area is 171 Å². The van der Waals surface area contributed by atoms with Crippen LogP contribution in [0.15, 0.2) is 64.7 Å². The minimum Gasteiger partial charge on any atom is -0.325 e. The first-order valence-corrected chi connectivity index (χ1v) is 10.0. The molecule has 8 heteroatoms. The third-order valence-electron chi connectivity index (χ3n) is 4.45. The van der Waals surface area contributed by atoms with Gasteiger partial charge in [0.1, 0.15) is 5.39 Å². The summed E-state index contributed by atoms with van der Waals surface area (Å²) in [7, 11) is 0. The van der Waals surface area contributed by atoms with Gasteiger partial charge in [-0.15, -0.1) is 0 Å². The van der Waals surface area contributed by atoms with E-state index < -0.39 is 0 Å². The SMILES string of the molecule is Cc1ccc(NC(=O)CSc2nc3[nH]ncc3c(=O)n2-c2ccccc2)c(C)c1. The fourth-order valence-electron chi connectivity index (χ4n) is 3.05. The van der Waals surface area contributed by atoms with E-state index >= 15 is 0 Å². The minimum atomic E-state index is -0.229. The van der Waals surface area contributed by atoms with Gasteiger partial charge in [-0.1, -0.05) is 47.7 Å². The first-order valence-electron chi connectivity index (χ1n) is 9.04. The smallest absolute Gasteiger partial charge is 0.269 e. The highest BCUT2D eigenvalue weighted by Gasteiger charge is 2.16. The largest absolute Gasteiger partial charge is 0.325 e. The lowest BCUT2D eigenvalue weighted by atomic mass is 10.1. The number of hydrogen-bond acceptors (Lipinski definition) is 5. The molecule has 0 radical (unpaired) electrons. The molecule has 0 unspecified atom stereocenters. The molecule has 29 heavy (non-hydrogen) atoms. The maximum atomic E-state index is 13.0. The van der Waals surface area contributed by atoms with Crippen LogP contribution in [0.1, 0.15) is 11.1 Å². The van der Waals surface area contributed by atoms with Crippen LogP contribution in [0.25, 0.3) is 16.7 Å². The van der Waals surface area contributed by atoms with Crippen LogP contribution in [-0.4, -0.2) is 31.4 Å². The molecule has 146 valence electrons. The number of amides is 1. The number of para-hydroxylation sites is 1. The molecule has 2 heterocycles. The number of carbonyl (C=O) groups is 1. The van der Waals surface area contributed by atoms with Crippen LogP contribution in [0.4, 0.5) is 5.69 Å². The highest BCUT2D eigenvalue weighted by molar-refractivity contribution is 7.99. The monoisotopic (exact) mass is 405 g/mol. The van der Waals surface area contributed by atoms with Gasteiger partial charge in [-0.05, 0) is 37.6 Å². The predicted molar refractivity (Wildman–Crippen MR) is 115 cm³/mol. The molecular weight excluding hydrogens is 386 g/mol. The van der Waals surface area contributed by atoms with Crippen LogP contribution in [-0.2, 0) is 4.79 Å². The molecule has 0 aliphatic heterocycles. The van der Waals surface area contributed by atoms with Gasteiger partial charge in [0.2, 0.25) is 5.91 Å². The Morgan fingerprint density at radius 1 is 1.17 bits per heavy atom. The molecule has 2 N–H and O–H groups in total. The fraction of sp³-hybridized carbons (Fsp3) is 0.143. The number of nitrogens with one attached hydrogen (secondary N) is 2. The second kappa shape index (κ2) is 7.92. The second-order valence-corrected chi connectivity index (χ2v) is 7.60. The molecule has 0 atom stereocenters. The van der Waals surface area contributed by atoms with Gasteiger partial charge in [-0.2, -0.15) is 5.10 Å². The Bertz CT molecular complexity index is 1250. The molecule has 1 amide bonds. The van der Waals surface area contributed by atoms with Crippen molar-refractivity contribution in [3.63, 3.8) is 0 Å². The first-order chi connectivity index (χ1) is 14.0. The second-order valence-electron chi connectivity index (χ2n) is 6.66. The van der Waals surface area contributed by atoms with Crippen molar-refractivity contribution in [1.29, 1.82) is 0 Å². The zero-order chi connectivity index (χ0) is 20.4. The first kappa shape index (κ1) is 18.9. The van der Waals surface area contributed by atoms with Crippen molar-refractivity contribution in [2.24, 2.45) is 0 Å². The maximum Gasteiger partial charge on any atom is 0.269 e. The van der Waals surface area contributed by atoms with Gasteiger partial charge in [0.05, 0.1) is 17.6 Å². The van der Waals surface area contributed by atoms with E-state index in [0.717, 1.165) is 16.8 Å².